The van der Waals surface area contributed by atoms with Gasteiger partial charge >= 0.3 is 0 Å². The van der Waals surface area contributed by atoms with E-state index in [-0.39, 0.29) is 33.0 Å². The fraction of sp³-hybridized carbons (Fsp3) is 0.353. The van der Waals surface area contributed by atoms with Crippen molar-refractivity contribution in [1.29, 1.82) is 5.26 Å². The number of rotatable bonds is 7. The van der Waals surface area contributed by atoms with Gasteiger partial charge in [0, 0.05) is 30.5 Å². The molecule has 7 heteroatoms. The van der Waals surface area contributed by atoms with Crippen LogP contribution in [0, 0.1) is 11.3 Å². The number of aliphatic hydroxyl groups is 3. The highest BCUT2D eigenvalue weighted by molar-refractivity contribution is 5.77. The number of aromatic nitrogens is 1. The summed E-state index contributed by atoms with van der Waals surface area (Å²) >= 11 is 0. The van der Waals surface area contributed by atoms with Crippen LogP contribution in [0.5, 0.6) is 0 Å². The minimum Gasteiger partial charge on any atom is -0.392 e. The molecule has 0 amide bonds. The number of H-pyrrole nitrogens is 1. The van der Waals surface area contributed by atoms with Gasteiger partial charge in [0.25, 0.3) is 0 Å². The van der Waals surface area contributed by atoms with E-state index in [9.17, 15) is 20.6 Å². The van der Waals surface area contributed by atoms with E-state index in [1.165, 1.54) is 7.11 Å². The van der Waals surface area contributed by atoms with E-state index in [4.69, 9.17) is 10.5 Å². The van der Waals surface area contributed by atoms with Crippen LogP contribution in [0.4, 0.5) is 0 Å². The van der Waals surface area contributed by atoms with E-state index in [0.717, 1.165) is 0 Å². The second-order valence-electron chi connectivity index (χ2n) is 5.28. The topological polar surface area (TPSA) is 136 Å². The Morgan fingerprint density at radius 2 is 1.83 bits per heavy atom. The molecule has 0 aliphatic heterocycles. The smallest absolute Gasteiger partial charge is 0.124 e. The van der Waals surface area contributed by atoms with Crippen molar-refractivity contribution < 1.29 is 20.1 Å². The number of nitrogens with two attached hydrogens (primary N) is 1. The first-order valence-corrected chi connectivity index (χ1v) is 7.46. The van der Waals surface area contributed by atoms with Gasteiger partial charge in [0.15, 0.2) is 0 Å². The Labute approximate surface area is 139 Å². The number of nitrogens with zero attached hydrogens (tertiary/aromatic N) is 1. The number of nitrogens with one attached hydrogen (secondary N) is 1. The standard InChI is InChI=1S/C17H21N3O4/c1-24-9-14-15(4-18)20-16(5-19)17(14)11-3-2-10(6-21)12(7-22)13(11)8-23/h2-3,20-23H,5-9,19H2,1H3. The van der Waals surface area contributed by atoms with Crippen LogP contribution in [-0.4, -0.2) is 27.4 Å². The quantitative estimate of drug-likeness (QED) is 0.505. The molecule has 128 valence electrons. The van der Waals surface area contributed by atoms with Gasteiger partial charge in [-0.15, -0.1) is 0 Å². The molecule has 0 unspecified atom stereocenters. The summed E-state index contributed by atoms with van der Waals surface area (Å²) < 4.78 is 5.20. The van der Waals surface area contributed by atoms with Gasteiger partial charge in [0.2, 0.25) is 0 Å². The lowest BCUT2D eigenvalue weighted by Gasteiger charge is -2.17. The second-order valence-corrected chi connectivity index (χ2v) is 5.28. The summed E-state index contributed by atoms with van der Waals surface area (Å²) in [6.45, 7) is -0.492. The van der Waals surface area contributed by atoms with Gasteiger partial charge in [-0.05, 0) is 22.3 Å². The lowest BCUT2D eigenvalue weighted by Crippen LogP contribution is -2.06. The Hall–Kier alpha value is -2.21. The van der Waals surface area contributed by atoms with Crippen molar-refractivity contribution in [3.63, 3.8) is 0 Å². The number of ether oxygens (including phenoxy) is 1. The molecule has 24 heavy (non-hydrogen) atoms. The highest BCUT2D eigenvalue weighted by atomic mass is 16.5. The van der Waals surface area contributed by atoms with Gasteiger partial charge < -0.3 is 30.8 Å². The zero-order valence-corrected chi connectivity index (χ0v) is 13.5. The van der Waals surface area contributed by atoms with E-state index in [1.807, 2.05) is 0 Å². The van der Waals surface area contributed by atoms with Crippen LogP contribution in [0.25, 0.3) is 11.1 Å². The Bertz CT molecular complexity index is 762. The van der Waals surface area contributed by atoms with Gasteiger partial charge in [0.1, 0.15) is 11.8 Å². The molecule has 0 saturated heterocycles. The summed E-state index contributed by atoms with van der Waals surface area (Å²) in [6, 6.07) is 5.53. The first-order valence-electron chi connectivity index (χ1n) is 7.46. The van der Waals surface area contributed by atoms with Gasteiger partial charge in [-0.25, -0.2) is 0 Å². The number of hydrogen-bond acceptors (Lipinski definition) is 6. The number of hydrogen-bond donors (Lipinski definition) is 5. The van der Waals surface area contributed by atoms with E-state index < -0.39 is 0 Å². The van der Waals surface area contributed by atoms with Crippen molar-refractivity contribution in [2.75, 3.05) is 7.11 Å². The maximum absolute atomic E-state index is 9.83. The molecule has 7 nitrogen and oxygen atoms in total. The highest BCUT2D eigenvalue weighted by Crippen LogP contribution is 2.36. The summed E-state index contributed by atoms with van der Waals surface area (Å²) in [5.41, 5.74) is 10.3. The molecular weight excluding hydrogens is 310 g/mol. The summed E-state index contributed by atoms with van der Waals surface area (Å²) in [5.74, 6) is 0. The zero-order valence-electron chi connectivity index (χ0n) is 13.5. The molecule has 0 aliphatic carbocycles. The van der Waals surface area contributed by atoms with E-state index >= 15 is 0 Å². The van der Waals surface area contributed by atoms with Crippen molar-refractivity contribution >= 4 is 0 Å². The molecule has 0 radical (unpaired) electrons. The van der Waals surface area contributed by atoms with Gasteiger partial charge in [-0.3, -0.25) is 0 Å². The van der Waals surface area contributed by atoms with Crippen molar-refractivity contribution in [1.82, 2.24) is 4.98 Å². The SMILES string of the molecule is COCc1c(C#N)[nH]c(CN)c1-c1ccc(CO)c(CO)c1CO. The third kappa shape index (κ3) is 3.06. The highest BCUT2D eigenvalue weighted by Gasteiger charge is 2.22. The van der Waals surface area contributed by atoms with Crippen LogP contribution < -0.4 is 5.73 Å². The molecule has 0 atom stereocenters. The van der Waals surface area contributed by atoms with Crippen molar-refractivity contribution in [3.05, 3.63) is 45.8 Å². The molecule has 0 fully saturated rings. The van der Waals surface area contributed by atoms with Gasteiger partial charge in [0.05, 0.1) is 26.4 Å². The van der Waals surface area contributed by atoms with Crippen molar-refractivity contribution in [2.24, 2.45) is 5.73 Å². The van der Waals surface area contributed by atoms with Crippen LogP contribution in [0.2, 0.25) is 0 Å². The fourth-order valence-electron chi connectivity index (χ4n) is 2.96. The molecule has 0 aliphatic rings. The second kappa shape index (κ2) is 8.06. The Morgan fingerprint density at radius 3 is 2.33 bits per heavy atom. The lowest BCUT2D eigenvalue weighted by atomic mass is 9.90. The number of aromatic amines is 1. The molecule has 6 N–H and O–H groups in total. The van der Waals surface area contributed by atoms with E-state index in [2.05, 4.69) is 11.1 Å². The summed E-state index contributed by atoms with van der Waals surface area (Å²) in [5, 5.41) is 38.2. The molecular formula is C17H21N3O4. The molecule has 0 bridgehead atoms. The van der Waals surface area contributed by atoms with Crippen LogP contribution in [0.3, 0.4) is 0 Å². The Morgan fingerprint density at radius 1 is 1.12 bits per heavy atom. The molecule has 0 spiro atoms. The maximum atomic E-state index is 9.83. The third-order valence-electron chi connectivity index (χ3n) is 4.07. The summed E-state index contributed by atoms with van der Waals surface area (Å²) in [7, 11) is 1.53. The normalized spacial score (nSPS) is 10.8. The zero-order chi connectivity index (χ0) is 17.7. The number of methoxy groups -OCH3 is 1. The molecule has 1 aromatic carbocycles. The summed E-state index contributed by atoms with van der Waals surface area (Å²) in [4.78, 5) is 2.99. The largest absolute Gasteiger partial charge is 0.392 e. The average Bonchev–Trinajstić information content (AvgIpc) is 2.97. The molecule has 1 aromatic heterocycles. The average molecular weight is 331 g/mol. The molecule has 1 heterocycles. The van der Waals surface area contributed by atoms with Crippen LogP contribution in [-0.2, 0) is 37.7 Å². The van der Waals surface area contributed by atoms with E-state index in [0.29, 0.717) is 44.8 Å². The monoisotopic (exact) mass is 331 g/mol. The fourth-order valence-corrected chi connectivity index (χ4v) is 2.96. The minimum atomic E-state index is -0.317. The van der Waals surface area contributed by atoms with Crippen LogP contribution in [0.1, 0.15) is 33.6 Å². The van der Waals surface area contributed by atoms with Gasteiger partial charge in [-0.2, -0.15) is 5.26 Å². The maximum Gasteiger partial charge on any atom is 0.124 e. The number of aliphatic hydroxyl groups excluding tert-OH is 3. The van der Waals surface area contributed by atoms with Crippen molar-refractivity contribution in [3.8, 4) is 17.2 Å². The first kappa shape index (κ1) is 18.1. The third-order valence-corrected chi connectivity index (χ3v) is 4.07. The first-order chi connectivity index (χ1) is 11.7. The van der Waals surface area contributed by atoms with Crippen LogP contribution >= 0.6 is 0 Å². The lowest BCUT2D eigenvalue weighted by molar-refractivity contribution is 0.185. The predicted octanol–water partition coefficient (Wildman–Crippen LogP) is 0.635. The Balaban J connectivity index is 2.81. The molecule has 2 rings (SSSR count). The number of nitriles is 1. The molecule has 2 aromatic rings. The van der Waals surface area contributed by atoms with Crippen LogP contribution in [0.15, 0.2) is 12.1 Å². The van der Waals surface area contributed by atoms with Crippen molar-refractivity contribution in [2.45, 2.75) is 33.0 Å². The van der Waals surface area contributed by atoms with E-state index in [1.54, 1.807) is 12.1 Å². The predicted molar refractivity (Wildman–Crippen MR) is 87.3 cm³/mol. The summed E-state index contributed by atoms with van der Waals surface area (Å²) in [6.07, 6.45) is 0. The van der Waals surface area contributed by atoms with Gasteiger partial charge in [-0.1, -0.05) is 12.1 Å². The molecule has 0 saturated carbocycles. The Kier molecular flexibility index (Phi) is 6.09. The number of benzene rings is 1. The minimum absolute atomic E-state index is 0.175.